The molecule has 2 aromatic rings. The van der Waals surface area contributed by atoms with Crippen molar-refractivity contribution in [2.45, 2.75) is 4.90 Å². The van der Waals surface area contributed by atoms with Crippen LogP contribution in [0.3, 0.4) is 0 Å². The predicted octanol–water partition coefficient (Wildman–Crippen LogP) is 0.963. The van der Waals surface area contributed by atoms with Crippen molar-refractivity contribution in [2.24, 2.45) is 0 Å². The van der Waals surface area contributed by atoms with Crippen LogP contribution in [-0.2, 0) is 10.0 Å². The van der Waals surface area contributed by atoms with Crippen LogP contribution >= 0.6 is 0 Å². The maximum Gasteiger partial charge on any atom is 0.266 e. The minimum Gasteiger partial charge on any atom is -0.489 e. The molecule has 0 radical (unpaired) electrons. The average Bonchev–Trinajstić information content (AvgIpc) is 2.47. The molecule has 0 atom stereocenters. The van der Waals surface area contributed by atoms with Crippen LogP contribution in [0.4, 0.5) is 5.69 Å². The highest BCUT2D eigenvalue weighted by Crippen LogP contribution is 2.34. The number of rotatable bonds is 2. The molecule has 6 nitrogen and oxygen atoms in total. The molecule has 0 aliphatic carbocycles. The number of hydrogen-bond acceptors (Lipinski definition) is 4. The third-order valence-corrected chi connectivity index (χ3v) is 4.84. The molecular formula is C13H12N2O4S. The minimum atomic E-state index is -3.71. The van der Waals surface area contributed by atoms with E-state index in [0.717, 1.165) is 0 Å². The van der Waals surface area contributed by atoms with E-state index in [0.29, 0.717) is 18.0 Å². The number of benzene rings is 1. The van der Waals surface area contributed by atoms with Gasteiger partial charge >= 0.3 is 0 Å². The highest BCUT2D eigenvalue weighted by Gasteiger charge is 2.29. The van der Waals surface area contributed by atoms with Crippen molar-refractivity contribution in [3.8, 4) is 5.75 Å². The molecule has 1 aliphatic heterocycles. The summed E-state index contributed by atoms with van der Waals surface area (Å²) in [6, 6.07) is 9.45. The number of aromatic nitrogens is 1. The van der Waals surface area contributed by atoms with Crippen LogP contribution in [0.15, 0.2) is 52.3 Å². The van der Waals surface area contributed by atoms with Gasteiger partial charge < -0.3 is 9.72 Å². The Kier molecular flexibility index (Phi) is 2.98. The Bertz CT molecular complexity index is 778. The number of pyridine rings is 1. The topological polar surface area (TPSA) is 79.5 Å². The summed E-state index contributed by atoms with van der Waals surface area (Å²) in [6.45, 7) is 0.526. The van der Waals surface area contributed by atoms with Crippen molar-refractivity contribution < 1.29 is 13.2 Å². The standard InChI is InChI=1S/C13H12N2O4S/c16-13-6-5-10(9-14-13)20(17,18)15-7-8-19-12-4-2-1-3-11(12)15/h1-6,9H,7-8H2,(H,14,16). The number of fused-ring (bicyclic) bond motifs is 1. The Morgan fingerprint density at radius 3 is 2.70 bits per heavy atom. The van der Waals surface area contributed by atoms with Crippen molar-refractivity contribution in [2.75, 3.05) is 17.5 Å². The first-order chi connectivity index (χ1) is 9.59. The molecule has 0 bridgehead atoms. The Morgan fingerprint density at radius 1 is 1.15 bits per heavy atom. The normalized spacial score (nSPS) is 14.5. The first kappa shape index (κ1) is 12.7. The summed E-state index contributed by atoms with van der Waals surface area (Å²) in [5, 5.41) is 0. The summed E-state index contributed by atoms with van der Waals surface area (Å²) in [4.78, 5) is 13.5. The molecule has 0 saturated heterocycles. The van der Waals surface area contributed by atoms with Crippen molar-refractivity contribution >= 4 is 15.7 Å². The molecular weight excluding hydrogens is 280 g/mol. The summed E-state index contributed by atoms with van der Waals surface area (Å²) in [5.74, 6) is 0.534. The molecule has 0 amide bonds. The maximum atomic E-state index is 12.6. The van der Waals surface area contributed by atoms with E-state index in [1.807, 2.05) is 0 Å². The first-order valence-electron chi connectivity index (χ1n) is 6.02. The molecule has 1 aromatic heterocycles. The lowest BCUT2D eigenvalue weighted by molar-refractivity contribution is 0.316. The van der Waals surface area contributed by atoms with E-state index in [9.17, 15) is 13.2 Å². The van der Waals surface area contributed by atoms with Gasteiger partial charge in [-0.3, -0.25) is 9.10 Å². The summed E-state index contributed by atoms with van der Waals surface area (Å²) in [6.07, 6.45) is 1.20. The van der Waals surface area contributed by atoms with Gasteiger partial charge in [0.25, 0.3) is 10.0 Å². The maximum absolute atomic E-state index is 12.6. The van der Waals surface area contributed by atoms with E-state index in [1.54, 1.807) is 24.3 Å². The molecule has 7 heteroatoms. The Balaban J connectivity index is 2.09. The molecule has 2 heterocycles. The van der Waals surface area contributed by atoms with Gasteiger partial charge in [0.05, 0.1) is 12.2 Å². The summed E-state index contributed by atoms with van der Waals surface area (Å²) in [5.41, 5.74) is 0.163. The Hall–Kier alpha value is -2.28. The van der Waals surface area contributed by atoms with Gasteiger partial charge in [-0.1, -0.05) is 12.1 Å². The van der Waals surface area contributed by atoms with Crippen LogP contribution < -0.4 is 14.6 Å². The smallest absolute Gasteiger partial charge is 0.266 e. The number of para-hydroxylation sites is 2. The van der Waals surface area contributed by atoms with Crippen LogP contribution in [0.2, 0.25) is 0 Å². The molecule has 0 fully saturated rings. The zero-order valence-electron chi connectivity index (χ0n) is 10.4. The van der Waals surface area contributed by atoms with Crippen LogP contribution in [0.25, 0.3) is 0 Å². The minimum absolute atomic E-state index is 0.0498. The average molecular weight is 292 g/mol. The number of aromatic amines is 1. The van der Waals surface area contributed by atoms with Gasteiger partial charge in [-0.25, -0.2) is 8.42 Å². The van der Waals surface area contributed by atoms with Gasteiger partial charge in [0, 0.05) is 12.3 Å². The van der Waals surface area contributed by atoms with Gasteiger partial charge in [-0.05, 0) is 18.2 Å². The highest BCUT2D eigenvalue weighted by atomic mass is 32.2. The Morgan fingerprint density at radius 2 is 1.95 bits per heavy atom. The number of sulfonamides is 1. The lowest BCUT2D eigenvalue weighted by Gasteiger charge is -2.30. The van der Waals surface area contributed by atoms with E-state index < -0.39 is 10.0 Å². The summed E-state index contributed by atoms with van der Waals surface area (Å²) in [7, 11) is -3.71. The molecule has 0 saturated carbocycles. The first-order valence-corrected chi connectivity index (χ1v) is 7.46. The molecule has 20 heavy (non-hydrogen) atoms. The van der Waals surface area contributed by atoms with Crippen LogP contribution in [0, 0.1) is 0 Å². The summed E-state index contributed by atoms with van der Waals surface area (Å²) < 4.78 is 32.0. The van der Waals surface area contributed by atoms with Gasteiger partial charge in [0.1, 0.15) is 17.3 Å². The third-order valence-electron chi connectivity index (χ3n) is 3.03. The number of hydrogen-bond donors (Lipinski definition) is 1. The second-order valence-electron chi connectivity index (χ2n) is 4.28. The molecule has 1 aliphatic rings. The van der Waals surface area contributed by atoms with Crippen LogP contribution in [0.1, 0.15) is 0 Å². The van der Waals surface area contributed by atoms with Crippen LogP contribution in [0.5, 0.6) is 5.75 Å². The lowest BCUT2D eigenvalue weighted by Crippen LogP contribution is -2.38. The quantitative estimate of drug-likeness (QED) is 0.894. The fourth-order valence-corrected chi connectivity index (χ4v) is 3.50. The van der Waals surface area contributed by atoms with E-state index in [2.05, 4.69) is 4.98 Å². The monoisotopic (exact) mass is 292 g/mol. The second kappa shape index (κ2) is 4.68. The van der Waals surface area contributed by atoms with E-state index >= 15 is 0 Å². The second-order valence-corrected chi connectivity index (χ2v) is 6.14. The van der Waals surface area contributed by atoms with Crippen molar-refractivity contribution in [3.63, 3.8) is 0 Å². The van der Waals surface area contributed by atoms with Crippen molar-refractivity contribution in [1.29, 1.82) is 0 Å². The number of nitrogens with zero attached hydrogens (tertiary/aromatic N) is 1. The molecule has 0 unspecified atom stereocenters. The Labute approximate surface area is 115 Å². The van der Waals surface area contributed by atoms with E-state index in [1.165, 1.54) is 22.6 Å². The molecule has 0 spiro atoms. The SMILES string of the molecule is O=c1ccc(S(=O)(=O)N2CCOc3ccccc32)c[nH]1. The van der Waals surface area contributed by atoms with E-state index in [4.69, 9.17) is 4.74 Å². The third kappa shape index (κ3) is 2.05. The lowest BCUT2D eigenvalue weighted by atomic mass is 10.2. The van der Waals surface area contributed by atoms with Gasteiger partial charge in [0.2, 0.25) is 5.56 Å². The van der Waals surface area contributed by atoms with Gasteiger partial charge in [0.15, 0.2) is 0 Å². The van der Waals surface area contributed by atoms with Crippen LogP contribution in [-0.4, -0.2) is 26.6 Å². The zero-order chi connectivity index (χ0) is 14.2. The number of anilines is 1. The number of nitrogens with one attached hydrogen (secondary N) is 1. The molecule has 3 rings (SSSR count). The fraction of sp³-hybridized carbons (Fsp3) is 0.154. The van der Waals surface area contributed by atoms with E-state index in [-0.39, 0.29) is 17.0 Å². The highest BCUT2D eigenvalue weighted by molar-refractivity contribution is 7.92. The number of ether oxygens (including phenoxy) is 1. The largest absolute Gasteiger partial charge is 0.489 e. The summed E-state index contributed by atoms with van der Waals surface area (Å²) >= 11 is 0. The number of H-pyrrole nitrogens is 1. The fourth-order valence-electron chi connectivity index (χ4n) is 2.08. The van der Waals surface area contributed by atoms with Crippen molar-refractivity contribution in [3.05, 3.63) is 52.9 Å². The van der Waals surface area contributed by atoms with Crippen molar-refractivity contribution in [1.82, 2.24) is 4.98 Å². The van der Waals surface area contributed by atoms with Gasteiger partial charge in [-0.15, -0.1) is 0 Å². The molecule has 1 N–H and O–H groups in total. The molecule has 1 aromatic carbocycles. The van der Waals surface area contributed by atoms with Gasteiger partial charge in [-0.2, -0.15) is 0 Å². The molecule has 104 valence electrons. The predicted molar refractivity (Wildman–Crippen MR) is 73.5 cm³/mol. The zero-order valence-corrected chi connectivity index (χ0v) is 11.3.